The fraction of sp³-hybridized carbons (Fsp3) is 0.538. The molecule has 1 aromatic heterocycles. The Hall–Kier alpha value is -3.00. The van der Waals surface area contributed by atoms with E-state index in [4.69, 9.17) is 9.47 Å². The summed E-state index contributed by atoms with van der Waals surface area (Å²) in [7, 11) is 0. The first kappa shape index (κ1) is 25.6. The number of cyclic esters (lactones) is 1. The Bertz CT molecular complexity index is 1000. The molecule has 0 spiro atoms. The van der Waals surface area contributed by atoms with Crippen LogP contribution in [0.2, 0.25) is 0 Å². The van der Waals surface area contributed by atoms with E-state index in [2.05, 4.69) is 15.6 Å². The van der Waals surface area contributed by atoms with E-state index in [0.29, 0.717) is 13.0 Å². The van der Waals surface area contributed by atoms with Crippen LogP contribution in [0.3, 0.4) is 0 Å². The van der Waals surface area contributed by atoms with E-state index in [1.165, 1.54) is 0 Å². The number of esters is 1. The molecule has 1 aliphatic heterocycles. The highest BCUT2D eigenvalue weighted by Crippen LogP contribution is 2.22. The average Bonchev–Trinajstić information content (AvgIpc) is 3.15. The van der Waals surface area contributed by atoms with Gasteiger partial charge in [0.05, 0.1) is 18.0 Å². The highest BCUT2D eigenvalue weighted by molar-refractivity contribution is 5.87. The predicted molar refractivity (Wildman–Crippen MR) is 129 cm³/mol. The zero-order valence-corrected chi connectivity index (χ0v) is 20.4. The molecule has 8 heteroatoms. The van der Waals surface area contributed by atoms with Gasteiger partial charge in [0.15, 0.2) is 0 Å². The average molecular weight is 470 g/mol. The smallest absolute Gasteiger partial charge is 0.310 e. The summed E-state index contributed by atoms with van der Waals surface area (Å²) in [6.45, 7) is 8.14. The van der Waals surface area contributed by atoms with E-state index >= 15 is 0 Å². The van der Waals surface area contributed by atoms with Crippen molar-refractivity contribution in [1.82, 2.24) is 15.6 Å². The van der Waals surface area contributed by atoms with Crippen molar-refractivity contribution >= 4 is 28.7 Å². The number of ether oxygens (including phenoxy) is 2. The van der Waals surface area contributed by atoms with Gasteiger partial charge in [-0.2, -0.15) is 0 Å². The molecular formula is C26H35N3O5. The fourth-order valence-corrected chi connectivity index (χ4v) is 4.02. The van der Waals surface area contributed by atoms with Crippen LogP contribution in [-0.4, -0.2) is 47.7 Å². The molecule has 1 saturated heterocycles. The topological polar surface area (TPSA) is 107 Å². The van der Waals surface area contributed by atoms with Gasteiger partial charge >= 0.3 is 5.97 Å². The van der Waals surface area contributed by atoms with Crippen molar-refractivity contribution in [2.24, 2.45) is 11.8 Å². The van der Waals surface area contributed by atoms with Crippen LogP contribution in [0.25, 0.3) is 10.9 Å². The van der Waals surface area contributed by atoms with Crippen LogP contribution in [0.1, 0.15) is 52.5 Å². The van der Waals surface area contributed by atoms with Crippen LogP contribution < -0.4 is 10.6 Å². The molecule has 1 unspecified atom stereocenters. The first-order valence-electron chi connectivity index (χ1n) is 12.0. The largest absolute Gasteiger partial charge is 0.433 e. The number of fused-ring (bicyclic) bond motifs is 1. The van der Waals surface area contributed by atoms with E-state index in [-0.39, 0.29) is 36.7 Å². The molecule has 184 valence electrons. The number of hydrogen-bond acceptors (Lipinski definition) is 6. The van der Waals surface area contributed by atoms with Gasteiger partial charge in [-0.25, -0.2) is 0 Å². The Labute approximate surface area is 200 Å². The van der Waals surface area contributed by atoms with Crippen LogP contribution in [-0.2, 0) is 30.3 Å². The Kier molecular flexibility index (Phi) is 8.98. The molecule has 8 nitrogen and oxygen atoms in total. The third kappa shape index (κ3) is 6.76. The third-order valence-corrected chi connectivity index (χ3v) is 6.23. The maximum Gasteiger partial charge on any atom is 0.310 e. The van der Waals surface area contributed by atoms with Gasteiger partial charge in [0.1, 0.15) is 6.04 Å². The molecule has 3 rings (SSSR count). The number of benzene rings is 1. The summed E-state index contributed by atoms with van der Waals surface area (Å²) in [5.74, 6) is -1.44. The lowest BCUT2D eigenvalue weighted by Crippen LogP contribution is -2.47. The Morgan fingerprint density at radius 2 is 2.00 bits per heavy atom. The number of carbonyl (C=O) groups is 3. The zero-order chi connectivity index (χ0) is 24.7. The maximum atomic E-state index is 13.0. The molecule has 1 aliphatic rings. The Morgan fingerprint density at radius 3 is 2.74 bits per heavy atom. The lowest BCUT2D eigenvalue weighted by atomic mass is 9.91. The normalized spacial score (nSPS) is 19.6. The minimum Gasteiger partial charge on any atom is -0.433 e. The first-order valence-corrected chi connectivity index (χ1v) is 12.0. The molecule has 2 amide bonds. The molecule has 1 fully saturated rings. The summed E-state index contributed by atoms with van der Waals surface area (Å²) < 4.78 is 11.0. The highest BCUT2D eigenvalue weighted by atomic mass is 16.7. The summed E-state index contributed by atoms with van der Waals surface area (Å²) in [4.78, 5) is 41.8. The van der Waals surface area contributed by atoms with Gasteiger partial charge in [0.2, 0.25) is 18.1 Å². The second-order valence-corrected chi connectivity index (χ2v) is 9.17. The molecule has 4 atom stereocenters. The molecule has 2 aromatic rings. The molecule has 2 heterocycles. The van der Waals surface area contributed by atoms with Crippen molar-refractivity contribution in [2.75, 3.05) is 6.54 Å². The lowest BCUT2D eigenvalue weighted by molar-refractivity contribution is -0.175. The zero-order valence-electron chi connectivity index (χ0n) is 20.4. The number of pyridine rings is 1. The third-order valence-electron chi connectivity index (χ3n) is 6.23. The summed E-state index contributed by atoms with van der Waals surface area (Å²) in [5, 5.41) is 6.89. The van der Waals surface area contributed by atoms with Crippen molar-refractivity contribution < 1.29 is 23.9 Å². The number of aromatic nitrogens is 1. The minimum absolute atomic E-state index is 0.0538. The maximum absolute atomic E-state index is 13.0. The number of hydrogen-bond donors (Lipinski definition) is 2. The molecule has 34 heavy (non-hydrogen) atoms. The summed E-state index contributed by atoms with van der Waals surface area (Å²) in [6.07, 6.45) is 2.42. The van der Waals surface area contributed by atoms with Gasteiger partial charge in [-0.1, -0.05) is 39.0 Å². The van der Waals surface area contributed by atoms with Gasteiger partial charge in [0, 0.05) is 30.5 Å². The minimum atomic E-state index is -0.803. The van der Waals surface area contributed by atoms with Crippen molar-refractivity contribution in [3.05, 3.63) is 42.1 Å². The number of amides is 2. The number of nitrogens with zero attached hydrogens (tertiary/aromatic N) is 1. The molecule has 0 saturated carbocycles. The Morgan fingerprint density at radius 1 is 1.21 bits per heavy atom. The monoisotopic (exact) mass is 469 g/mol. The first-order chi connectivity index (χ1) is 16.3. The van der Waals surface area contributed by atoms with Crippen LogP contribution in [0, 0.1) is 11.8 Å². The second-order valence-electron chi connectivity index (χ2n) is 9.17. The van der Waals surface area contributed by atoms with Gasteiger partial charge < -0.3 is 20.1 Å². The molecule has 2 N–H and O–H groups in total. The van der Waals surface area contributed by atoms with Gasteiger partial charge in [0.25, 0.3) is 0 Å². The van der Waals surface area contributed by atoms with Crippen LogP contribution in [0.4, 0.5) is 0 Å². The van der Waals surface area contributed by atoms with E-state index in [1.54, 1.807) is 6.20 Å². The van der Waals surface area contributed by atoms with Crippen molar-refractivity contribution in [3.63, 3.8) is 0 Å². The van der Waals surface area contributed by atoms with E-state index in [0.717, 1.165) is 22.9 Å². The molecular weight excluding hydrogens is 434 g/mol. The molecule has 0 bridgehead atoms. The summed E-state index contributed by atoms with van der Waals surface area (Å²) in [6, 6.07) is 9.32. The fourth-order valence-electron chi connectivity index (χ4n) is 4.02. The van der Waals surface area contributed by atoms with Crippen LogP contribution >= 0.6 is 0 Å². The van der Waals surface area contributed by atoms with Crippen molar-refractivity contribution in [3.8, 4) is 0 Å². The molecule has 1 aromatic carbocycles. The van der Waals surface area contributed by atoms with Gasteiger partial charge in [-0.3, -0.25) is 19.4 Å². The highest BCUT2D eigenvalue weighted by Gasteiger charge is 2.39. The SMILES string of the molecule is CCC(C)O[C@@H]1OC(=O)C[C@@H]1NC(=O)[C@@H](CC(=O)NCCc1cccc2ncccc12)C(C)C. The van der Waals surface area contributed by atoms with Crippen molar-refractivity contribution in [2.45, 2.75) is 71.8 Å². The van der Waals surface area contributed by atoms with Gasteiger partial charge in [-0.15, -0.1) is 0 Å². The van der Waals surface area contributed by atoms with Crippen molar-refractivity contribution in [1.29, 1.82) is 0 Å². The number of nitrogens with one attached hydrogen (secondary N) is 2. The van der Waals surface area contributed by atoms with Crippen LogP contribution in [0.5, 0.6) is 0 Å². The molecule has 0 aliphatic carbocycles. The number of carbonyl (C=O) groups excluding carboxylic acids is 3. The predicted octanol–water partition coefficient (Wildman–Crippen LogP) is 3.13. The molecule has 0 radical (unpaired) electrons. The van der Waals surface area contributed by atoms with E-state index < -0.39 is 24.2 Å². The van der Waals surface area contributed by atoms with Gasteiger partial charge in [-0.05, 0) is 43.4 Å². The quantitative estimate of drug-likeness (QED) is 0.490. The van der Waals surface area contributed by atoms with E-state index in [1.807, 2.05) is 58.0 Å². The Balaban J connectivity index is 1.53. The standard InChI is InChI=1S/C26H35N3O5/c1-5-17(4)33-26-22(15-24(31)34-26)29-25(32)20(16(2)3)14-23(30)28-13-11-18-8-6-10-21-19(18)9-7-12-27-21/h6-10,12,16-17,20,22,26H,5,11,13-15H2,1-4H3,(H,28,30)(H,29,32)/t17?,20-,22-,26+/m0/s1. The summed E-state index contributed by atoms with van der Waals surface area (Å²) in [5.41, 5.74) is 2.04. The van der Waals surface area contributed by atoms with E-state index in [9.17, 15) is 14.4 Å². The number of rotatable bonds is 11. The lowest BCUT2D eigenvalue weighted by Gasteiger charge is -2.25. The second kappa shape index (κ2) is 11.9. The summed E-state index contributed by atoms with van der Waals surface area (Å²) >= 11 is 0. The van der Waals surface area contributed by atoms with Crippen LogP contribution in [0.15, 0.2) is 36.5 Å².